The molecule has 0 saturated carbocycles. The Morgan fingerprint density at radius 2 is 1.97 bits per heavy atom. The van der Waals surface area contributed by atoms with Crippen molar-refractivity contribution < 1.29 is 4.52 Å². The van der Waals surface area contributed by atoms with E-state index in [-0.39, 0.29) is 5.92 Å². The van der Waals surface area contributed by atoms with Crippen molar-refractivity contribution in [1.29, 1.82) is 0 Å². The summed E-state index contributed by atoms with van der Waals surface area (Å²) in [6, 6.07) is 10.7. The van der Waals surface area contributed by atoms with Crippen molar-refractivity contribution >= 4 is 11.5 Å². The number of fused-ring (bicyclic) bond motifs is 1. The van der Waals surface area contributed by atoms with E-state index in [1.54, 1.807) is 0 Å². The van der Waals surface area contributed by atoms with Gasteiger partial charge in [-0.1, -0.05) is 17.3 Å². The number of nitrogens with zero attached hydrogens (tertiary/aromatic N) is 7. The summed E-state index contributed by atoms with van der Waals surface area (Å²) in [5.74, 6) is 2.60. The summed E-state index contributed by atoms with van der Waals surface area (Å²) in [6.07, 6.45) is 5.78. The summed E-state index contributed by atoms with van der Waals surface area (Å²) in [5.41, 5.74) is 6.79. The molecule has 31 heavy (non-hydrogen) atoms. The van der Waals surface area contributed by atoms with Crippen molar-refractivity contribution in [2.75, 3.05) is 18.0 Å². The van der Waals surface area contributed by atoms with Crippen LogP contribution in [0.3, 0.4) is 0 Å². The molecule has 1 fully saturated rings. The lowest BCUT2D eigenvalue weighted by Crippen LogP contribution is -2.45. The number of benzene rings is 1. The highest BCUT2D eigenvalue weighted by atomic mass is 16.5. The number of rotatable bonds is 4. The normalized spacial score (nSPS) is 15.7. The second kappa shape index (κ2) is 6.87. The molecule has 0 spiro atoms. The second-order valence-electron chi connectivity index (χ2n) is 8.12. The van der Waals surface area contributed by atoms with Crippen molar-refractivity contribution in [1.82, 2.24) is 24.9 Å². The summed E-state index contributed by atoms with van der Waals surface area (Å²) in [7, 11) is 1.93. The van der Waals surface area contributed by atoms with Gasteiger partial charge in [0.05, 0.1) is 24.4 Å². The minimum absolute atomic E-state index is 0.262. The second-order valence-corrected chi connectivity index (χ2v) is 8.12. The molecule has 0 bridgehead atoms. The molecule has 0 amide bonds. The lowest BCUT2D eigenvalue weighted by atomic mass is 9.96. The molecule has 154 valence electrons. The van der Waals surface area contributed by atoms with Crippen LogP contribution in [0.2, 0.25) is 0 Å². The number of aromatic nitrogens is 5. The first-order valence-corrected chi connectivity index (χ1v) is 10.3. The van der Waals surface area contributed by atoms with Crippen molar-refractivity contribution in [3.63, 3.8) is 0 Å². The van der Waals surface area contributed by atoms with E-state index in [0.29, 0.717) is 18.3 Å². The molecular formula is C23H21N7O. The molecule has 1 saturated heterocycles. The Bertz CT molecular complexity index is 1310. The van der Waals surface area contributed by atoms with Crippen molar-refractivity contribution in [2.45, 2.75) is 19.4 Å². The zero-order chi connectivity index (χ0) is 20.9. The fraction of sp³-hybridized carbons (Fsp3) is 0.261. The van der Waals surface area contributed by atoms with Gasteiger partial charge in [-0.2, -0.15) is 10.1 Å². The first-order valence-electron chi connectivity index (χ1n) is 10.3. The van der Waals surface area contributed by atoms with Gasteiger partial charge in [-0.3, -0.25) is 9.67 Å². The van der Waals surface area contributed by atoms with Crippen LogP contribution < -0.4 is 4.90 Å². The van der Waals surface area contributed by atoms with Crippen LogP contribution in [0.1, 0.15) is 34.3 Å². The number of hydrogen-bond donors (Lipinski definition) is 0. The Hall–Kier alpha value is -3.81. The minimum atomic E-state index is 0.262. The lowest BCUT2D eigenvalue weighted by Gasteiger charge is -2.38. The smallest absolute Gasteiger partial charge is 0.233 e. The highest BCUT2D eigenvalue weighted by Gasteiger charge is 2.33. The first-order chi connectivity index (χ1) is 15.1. The van der Waals surface area contributed by atoms with Crippen LogP contribution in [0.5, 0.6) is 0 Å². The van der Waals surface area contributed by atoms with Gasteiger partial charge < -0.3 is 9.42 Å². The fourth-order valence-corrected chi connectivity index (χ4v) is 4.22. The molecule has 3 aromatic heterocycles. The van der Waals surface area contributed by atoms with Crippen LogP contribution in [-0.4, -0.2) is 43.7 Å². The number of aliphatic imine (C=N–C) groups is 1. The Kier molecular flexibility index (Phi) is 3.99. The van der Waals surface area contributed by atoms with Crippen LogP contribution in [0.25, 0.3) is 11.1 Å². The maximum absolute atomic E-state index is 5.31. The van der Waals surface area contributed by atoms with Crippen molar-refractivity contribution in [3.05, 3.63) is 77.3 Å². The highest BCUT2D eigenvalue weighted by Crippen LogP contribution is 2.32. The maximum atomic E-state index is 5.31. The van der Waals surface area contributed by atoms with Gasteiger partial charge in [-0.05, 0) is 36.2 Å². The molecule has 0 atom stereocenters. The van der Waals surface area contributed by atoms with Crippen LogP contribution >= 0.6 is 0 Å². The third kappa shape index (κ3) is 3.11. The van der Waals surface area contributed by atoms with Gasteiger partial charge in [0.2, 0.25) is 5.89 Å². The van der Waals surface area contributed by atoms with Gasteiger partial charge >= 0.3 is 0 Å². The number of hydrogen-bond acceptors (Lipinski definition) is 7. The van der Waals surface area contributed by atoms with Gasteiger partial charge in [0, 0.05) is 49.2 Å². The summed E-state index contributed by atoms with van der Waals surface area (Å²) < 4.78 is 7.13. The molecule has 2 aliphatic rings. The lowest BCUT2D eigenvalue weighted by molar-refractivity contribution is 0.326. The van der Waals surface area contributed by atoms with E-state index in [2.05, 4.69) is 49.4 Å². The van der Waals surface area contributed by atoms with Gasteiger partial charge in [0.25, 0.3) is 0 Å². The Labute approximate surface area is 179 Å². The maximum Gasteiger partial charge on any atom is 0.233 e. The quantitative estimate of drug-likeness (QED) is 0.513. The topological polar surface area (TPSA) is 85.2 Å². The van der Waals surface area contributed by atoms with E-state index < -0.39 is 0 Å². The van der Waals surface area contributed by atoms with E-state index in [0.717, 1.165) is 41.3 Å². The SMILES string of the molecule is Cc1noc(C2CN(c3cc(C4=NCc5ccc(-c6cnn(C)c6)cc54)ccn3)C2)n1. The van der Waals surface area contributed by atoms with E-state index in [4.69, 9.17) is 9.52 Å². The summed E-state index contributed by atoms with van der Waals surface area (Å²) in [6.45, 7) is 4.20. The molecule has 0 unspecified atom stereocenters. The Balaban J connectivity index is 1.26. The van der Waals surface area contributed by atoms with Crippen LogP contribution in [0.4, 0.5) is 5.82 Å². The van der Waals surface area contributed by atoms with Gasteiger partial charge in [0.1, 0.15) is 5.82 Å². The molecule has 8 heteroatoms. The zero-order valence-corrected chi connectivity index (χ0v) is 17.4. The first kappa shape index (κ1) is 18.0. The fourth-order valence-electron chi connectivity index (χ4n) is 4.22. The molecule has 2 aliphatic heterocycles. The van der Waals surface area contributed by atoms with E-state index in [1.807, 2.05) is 43.3 Å². The average Bonchev–Trinajstić information content (AvgIpc) is 3.46. The predicted molar refractivity (Wildman–Crippen MR) is 116 cm³/mol. The average molecular weight is 411 g/mol. The third-order valence-electron chi connectivity index (χ3n) is 5.93. The largest absolute Gasteiger partial charge is 0.355 e. The molecule has 0 radical (unpaired) electrons. The molecule has 1 aromatic carbocycles. The Morgan fingerprint density at radius 1 is 1.06 bits per heavy atom. The minimum Gasteiger partial charge on any atom is -0.355 e. The summed E-state index contributed by atoms with van der Waals surface area (Å²) >= 11 is 0. The number of pyridine rings is 1. The summed E-state index contributed by atoms with van der Waals surface area (Å²) in [5, 5.41) is 8.19. The number of anilines is 1. The monoisotopic (exact) mass is 411 g/mol. The standard InChI is InChI=1S/C23H21N7O/c1-14-27-23(31-28-14)19-12-30(13-19)21-8-16(5-6-24-21)22-20-7-15(3-4-17(20)9-25-22)18-10-26-29(2)11-18/h3-8,10-11,19H,9,12-13H2,1-2H3. The van der Waals surface area contributed by atoms with Crippen LogP contribution in [-0.2, 0) is 13.6 Å². The zero-order valence-electron chi connectivity index (χ0n) is 17.4. The predicted octanol–water partition coefficient (Wildman–Crippen LogP) is 3.13. The van der Waals surface area contributed by atoms with Crippen molar-refractivity contribution in [2.24, 2.45) is 12.0 Å². The summed E-state index contributed by atoms with van der Waals surface area (Å²) in [4.78, 5) is 16.0. The van der Waals surface area contributed by atoms with Crippen molar-refractivity contribution in [3.8, 4) is 11.1 Å². The molecule has 8 nitrogen and oxygen atoms in total. The third-order valence-corrected chi connectivity index (χ3v) is 5.93. The van der Waals surface area contributed by atoms with E-state index >= 15 is 0 Å². The van der Waals surface area contributed by atoms with Crippen LogP contribution in [0, 0.1) is 6.92 Å². The van der Waals surface area contributed by atoms with Crippen LogP contribution in [0.15, 0.2) is 58.4 Å². The Morgan fingerprint density at radius 3 is 2.74 bits per heavy atom. The molecular weight excluding hydrogens is 390 g/mol. The van der Waals surface area contributed by atoms with E-state index in [1.165, 1.54) is 11.1 Å². The van der Waals surface area contributed by atoms with E-state index in [9.17, 15) is 0 Å². The van der Waals surface area contributed by atoms with Gasteiger partial charge in [-0.15, -0.1) is 0 Å². The van der Waals surface area contributed by atoms with Gasteiger partial charge in [0.15, 0.2) is 5.82 Å². The molecule has 0 aliphatic carbocycles. The molecule has 5 heterocycles. The van der Waals surface area contributed by atoms with Gasteiger partial charge in [-0.25, -0.2) is 4.98 Å². The molecule has 6 rings (SSSR count). The highest BCUT2D eigenvalue weighted by molar-refractivity contribution is 6.15. The number of aryl methyl sites for hydroxylation is 2. The molecule has 4 aromatic rings. The molecule has 0 N–H and O–H groups in total.